The first kappa shape index (κ1) is 14.5. The minimum absolute atomic E-state index is 0.143. The molecule has 1 aromatic rings. The first-order chi connectivity index (χ1) is 8.72. The third-order valence-electron chi connectivity index (χ3n) is 2.82. The van der Waals surface area contributed by atoms with E-state index in [1.807, 2.05) is 24.3 Å². The van der Waals surface area contributed by atoms with Crippen LogP contribution >= 0.6 is 0 Å². The fourth-order valence-electron chi connectivity index (χ4n) is 1.67. The van der Waals surface area contributed by atoms with Crippen LogP contribution in [0.25, 0.3) is 0 Å². The van der Waals surface area contributed by atoms with Gasteiger partial charge in [-0.15, -0.1) is 0 Å². The molecular weight excluding hydrogens is 222 g/mol. The Morgan fingerprint density at radius 3 is 2.50 bits per heavy atom. The van der Waals surface area contributed by atoms with E-state index in [-0.39, 0.29) is 6.61 Å². The molecule has 2 N–H and O–H groups in total. The van der Waals surface area contributed by atoms with Gasteiger partial charge in [-0.05, 0) is 38.8 Å². The molecule has 18 heavy (non-hydrogen) atoms. The Balaban J connectivity index is 2.28. The molecule has 0 atom stereocenters. The van der Waals surface area contributed by atoms with Gasteiger partial charge in [0.15, 0.2) is 0 Å². The molecule has 0 heterocycles. The zero-order chi connectivity index (χ0) is 13.2. The lowest BCUT2D eigenvalue weighted by Crippen LogP contribution is -2.02. The van der Waals surface area contributed by atoms with Gasteiger partial charge in [0.2, 0.25) is 0 Å². The number of allylic oxidation sites excluding steroid dienone is 2. The SMILES string of the molecule is C/C(=C\CO)CC/C=C(\C)CNc1ccccc1. The van der Waals surface area contributed by atoms with E-state index in [1.54, 1.807) is 0 Å². The summed E-state index contributed by atoms with van der Waals surface area (Å²) in [4.78, 5) is 0. The molecule has 0 amide bonds. The number of hydrogen-bond donors (Lipinski definition) is 2. The number of para-hydroxylation sites is 1. The van der Waals surface area contributed by atoms with Gasteiger partial charge in [0.05, 0.1) is 6.61 Å². The number of aliphatic hydroxyl groups is 1. The van der Waals surface area contributed by atoms with Gasteiger partial charge in [0, 0.05) is 12.2 Å². The van der Waals surface area contributed by atoms with E-state index in [0.717, 1.165) is 25.1 Å². The average molecular weight is 245 g/mol. The molecule has 2 nitrogen and oxygen atoms in total. The predicted octanol–water partition coefficient (Wildman–Crippen LogP) is 3.76. The van der Waals surface area contributed by atoms with Gasteiger partial charge in [-0.2, -0.15) is 0 Å². The molecule has 0 unspecified atom stereocenters. The van der Waals surface area contributed by atoms with Crippen LogP contribution in [0.2, 0.25) is 0 Å². The molecule has 0 saturated heterocycles. The van der Waals surface area contributed by atoms with Crippen molar-refractivity contribution >= 4 is 5.69 Å². The van der Waals surface area contributed by atoms with Gasteiger partial charge in [-0.1, -0.05) is 41.5 Å². The van der Waals surface area contributed by atoms with Crippen molar-refractivity contribution in [3.8, 4) is 0 Å². The van der Waals surface area contributed by atoms with E-state index in [9.17, 15) is 0 Å². The number of anilines is 1. The first-order valence-electron chi connectivity index (χ1n) is 6.43. The van der Waals surface area contributed by atoms with Crippen LogP contribution in [0.15, 0.2) is 53.6 Å². The summed E-state index contributed by atoms with van der Waals surface area (Å²) in [5.41, 5.74) is 3.75. The number of rotatable bonds is 7. The molecule has 1 rings (SSSR count). The minimum atomic E-state index is 0.143. The summed E-state index contributed by atoms with van der Waals surface area (Å²) in [6, 6.07) is 10.2. The van der Waals surface area contributed by atoms with Crippen molar-refractivity contribution in [2.24, 2.45) is 0 Å². The standard InChI is InChI=1S/C16H23NO/c1-14(11-12-18)7-6-8-15(2)13-17-16-9-4-3-5-10-16/h3-5,8-11,17-18H,6-7,12-13H2,1-2H3/b14-11+,15-8+. The van der Waals surface area contributed by atoms with Crippen LogP contribution in [0.1, 0.15) is 26.7 Å². The quantitative estimate of drug-likeness (QED) is 0.717. The average Bonchev–Trinajstić information content (AvgIpc) is 2.38. The normalized spacial score (nSPS) is 12.6. The lowest BCUT2D eigenvalue weighted by Gasteiger charge is -2.06. The third kappa shape index (κ3) is 6.26. The van der Waals surface area contributed by atoms with Crippen molar-refractivity contribution in [1.82, 2.24) is 0 Å². The Morgan fingerprint density at radius 2 is 1.83 bits per heavy atom. The maximum atomic E-state index is 8.75. The molecule has 0 bridgehead atoms. The smallest absolute Gasteiger partial charge is 0.0614 e. The molecule has 0 fully saturated rings. The monoisotopic (exact) mass is 245 g/mol. The highest BCUT2D eigenvalue weighted by Crippen LogP contribution is 2.09. The van der Waals surface area contributed by atoms with Crippen LogP contribution < -0.4 is 5.32 Å². The Kier molecular flexibility index (Phi) is 6.89. The van der Waals surface area contributed by atoms with Crippen LogP contribution in [0.3, 0.4) is 0 Å². The topological polar surface area (TPSA) is 32.3 Å². The van der Waals surface area contributed by atoms with Gasteiger partial charge in [0.1, 0.15) is 0 Å². The Bertz CT molecular complexity index is 393. The summed E-state index contributed by atoms with van der Waals surface area (Å²) in [6.07, 6.45) is 6.17. The van der Waals surface area contributed by atoms with E-state index >= 15 is 0 Å². The van der Waals surface area contributed by atoms with Crippen molar-refractivity contribution in [2.75, 3.05) is 18.5 Å². The van der Waals surface area contributed by atoms with E-state index in [1.165, 1.54) is 11.1 Å². The molecule has 0 aliphatic carbocycles. The zero-order valence-corrected chi connectivity index (χ0v) is 11.3. The molecular formula is C16H23NO. The summed E-state index contributed by atoms with van der Waals surface area (Å²) < 4.78 is 0. The lowest BCUT2D eigenvalue weighted by atomic mass is 10.1. The third-order valence-corrected chi connectivity index (χ3v) is 2.82. The van der Waals surface area contributed by atoms with E-state index in [0.29, 0.717) is 0 Å². The fourth-order valence-corrected chi connectivity index (χ4v) is 1.67. The minimum Gasteiger partial charge on any atom is -0.392 e. The second-order valence-electron chi connectivity index (χ2n) is 4.54. The summed E-state index contributed by atoms with van der Waals surface area (Å²) in [5, 5.41) is 12.1. The van der Waals surface area contributed by atoms with Gasteiger partial charge in [0.25, 0.3) is 0 Å². The maximum Gasteiger partial charge on any atom is 0.0614 e. The zero-order valence-electron chi connectivity index (χ0n) is 11.3. The largest absolute Gasteiger partial charge is 0.392 e. The number of benzene rings is 1. The molecule has 0 spiro atoms. The highest BCUT2D eigenvalue weighted by molar-refractivity contribution is 5.43. The van der Waals surface area contributed by atoms with Gasteiger partial charge < -0.3 is 10.4 Å². The molecule has 1 aromatic carbocycles. The molecule has 0 radical (unpaired) electrons. The van der Waals surface area contributed by atoms with Crippen molar-refractivity contribution in [3.63, 3.8) is 0 Å². The highest BCUT2D eigenvalue weighted by Gasteiger charge is 1.92. The molecule has 0 aliphatic heterocycles. The second-order valence-corrected chi connectivity index (χ2v) is 4.54. The van der Waals surface area contributed by atoms with E-state index in [2.05, 4.69) is 37.4 Å². The van der Waals surface area contributed by atoms with Crippen molar-refractivity contribution in [1.29, 1.82) is 0 Å². The Labute approximate surface area is 110 Å². The van der Waals surface area contributed by atoms with Crippen LogP contribution in [-0.2, 0) is 0 Å². The fraction of sp³-hybridized carbons (Fsp3) is 0.375. The van der Waals surface area contributed by atoms with Crippen LogP contribution in [-0.4, -0.2) is 18.3 Å². The van der Waals surface area contributed by atoms with Crippen molar-refractivity contribution in [2.45, 2.75) is 26.7 Å². The molecule has 2 heteroatoms. The predicted molar refractivity (Wildman–Crippen MR) is 78.8 cm³/mol. The van der Waals surface area contributed by atoms with Crippen LogP contribution in [0, 0.1) is 0 Å². The van der Waals surface area contributed by atoms with Crippen molar-refractivity contribution < 1.29 is 5.11 Å². The summed E-state index contributed by atoms with van der Waals surface area (Å²) >= 11 is 0. The summed E-state index contributed by atoms with van der Waals surface area (Å²) in [7, 11) is 0. The van der Waals surface area contributed by atoms with Gasteiger partial charge in [-0.25, -0.2) is 0 Å². The molecule has 0 aromatic heterocycles. The summed E-state index contributed by atoms with van der Waals surface area (Å²) in [5.74, 6) is 0. The van der Waals surface area contributed by atoms with Crippen LogP contribution in [0.5, 0.6) is 0 Å². The number of hydrogen-bond acceptors (Lipinski definition) is 2. The highest BCUT2D eigenvalue weighted by atomic mass is 16.2. The number of aliphatic hydroxyl groups excluding tert-OH is 1. The van der Waals surface area contributed by atoms with Crippen LogP contribution in [0.4, 0.5) is 5.69 Å². The van der Waals surface area contributed by atoms with E-state index in [4.69, 9.17) is 5.11 Å². The molecule has 0 aliphatic rings. The lowest BCUT2D eigenvalue weighted by molar-refractivity contribution is 0.341. The van der Waals surface area contributed by atoms with Crippen molar-refractivity contribution in [3.05, 3.63) is 53.6 Å². The maximum absolute atomic E-state index is 8.75. The molecule has 98 valence electrons. The first-order valence-corrected chi connectivity index (χ1v) is 6.43. The van der Waals surface area contributed by atoms with Gasteiger partial charge in [-0.3, -0.25) is 0 Å². The second kappa shape index (κ2) is 8.54. The number of nitrogens with one attached hydrogen (secondary N) is 1. The molecule has 0 saturated carbocycles. The van der Waals surface area contributed by atoms with E-state index < -0.39 is 0 Å². The van der Waals surface area contributed by atoms with Gasteiger partial charge >= 0.3 is 0 Å². The summed E-state index contributed by atoms with van der Waals surface area (Å²) in [6.45, 7) is 5.22. The Hall–Kier alpha value is -1.54. The Morgan fingerprint density at radius 1 is 1.11 bits per heavy atom.